The highest BCUT2D eigenvalue weighted by Crippen LogP contribution is 2.19. The van der Waals surface area contributed by atoms with Crippen molar-refractivity contribution in [3.8, 4) is 5.75 Å². The molecule has 1 aliphatic heterocycles. The molecule has 0 aromatic heterocycles. The van der Waals surface area contributed by atoms with Crippen LogP contribution in [0.1, 0.15) is 27.1 Å². The fraction of sp³-hybridized carbons (Fsp3) is 0.263. The zero-order chi connectivity index (χ0) is 17.8. The summed E-state index contributed by atoms with van der Waals surface area (Å²) in [6.07, 6.45) is 0.723. The first-order valence-electron chi connectivity index (χ1n) is 8.18. The second kappa shape index (κ2) is 7.70. The van der Waals surface area contributed by atoms with E-state index in [1.165, 1.54) is 12.1 Å². The monoisotopic (exact) mass is 402 g/mol. The summed E-state index contributed by atoms with van der Waals surface area (Å²) in [6.45, 7) is 2.17. The molecule has 3 rings (SSSR count). The first kappa shape index (κ1) is 17.5. The Labute approximate surface area is 155 Å². The number of amides is 2. The number of carbonyl (C=O) groups is 2. The van der Waals surface area contributed by atoms with Crippen LogP contribution in [0.25, 0.3) is 0 Å². The molecule has 1 fully saturated rings. The third-order valence-electron chi connectivity index (χ3n) is 4.27. The average Bonchev–Trinajstić information content (AvgIpc) is 2.87. The Hall–Kier alpha value is -2.34. The van der Waals surface area contributed by atoms with Crippen molar-refractivity contribution >= 4 is 27.7 Å². The van der Waals surface area contributed by atoms with E-state index in [1.807, 2.05) is 18.2 Å². The highest BCUT2D eigenvalue weighted by Gasteiger charge is 2.24. The van der Waals surface area contributed by atoms with Crippen LogP contribution < -0.4 is 0 Å². The molecule has 0 atom stereocenters. The van der Waals surface area contributed by atoms with Crippen LogP contribution in [0.2, 0.25) is 0 Å². The molecule has 2 aromatic rings. The molecular formula is C19H19BrN2O3. The van der Waals surface area contributed by atoms with Gasteiger partial charge in [0, 0.05) is 36.2 Å². The van der Waals surface area contributed by atoms with E-state index < -0.39 is 0 Å². The van der Waals surface area contributed by atoms with E-state index in [2.05, 4.69) is 15.9 Å². The Morgan fingerprint density at radius 3 is 2.24 bits per heavy atom. The maximum Gasteiger partial charge on any atom is 0.255 e. The summed E-state index contributed by atoms with van der Waals surface area (Å²) < 4.78 is 0.775. The predicted octanol–water partition coefficient (Wildman–Crippen LogP) is 3.14. The Morgan fingerprint density at radius 2 is 1.56 bits per heavy atom. The molecule has 0 spiro atoms. The van der Waals surface area contributed by atoms with Crippen molar-refractivity contribution < 1.29 is 14.7 Å². The molecule has 0 saturated carbocycles. The topological polar surface area (TPSA) is 60.9 Å². The molecule has 25 heavy (non-hydrogen) atoms. The van der Waals surface area contributed by atoms with Crippen LogP contribution >= 0.6 is 15.9 Å². The number of benzene rings is 2. The molecule has 0 bridgehead atoms. The first-order chi connectivity index (χ1) is 12.1. The van der Waals surface area contributed by atoms with Gasteiger partial charge in [-0.2, -0.15) is 0 Å². The normalized spacial score (nSPS) is 14.9. The fourth-order valence-corrected chi connectivity index (χ4v) is 3.40. The lowest BCUT2D eigenvalue weighted by atomic mass is 10.2. The minimum atomic E-state index is -0.119. The molecule has 1 saturated heterocycles. The molecule has 5 nitrogen and oxygen atoms in total. The van der Waals surface area contributed by atoms with Gasteiger partial charge in [-0.3, -0.25) is 9.59 Å². The minimum Gasteiger partial charge on any atom is -0.508 e. The third kappa shape index (κ3) is 4.02. The number of hydrogen-bond acceptors (Lipinski definition) is 3. The van der Waals surface area contributed by atoms with Crippen molar-refractivity contribution in [1.82, 2.24) is 9.80 Å². The Kier molecular flexibility index (Phi) is 5.38. The van der Waals surface area contributed by atoms with E-state index in [9.17, 15) is 14.7 Å². The van der Waals surface area contributed by atoms with Gasteiger partial charge >= 0.3 is 0 Å². The number of nitrogens with zero attached hydrogens (tertiary/aromatic N) is 2. The minimum absolute atomic E-state index is 0.0286. The van der Waals surface area contributed by atoms with Gasteiger partial charge < -0.3 is 14.9 Å². The van der Waals surface area contributed by atoms with E-state index in [0.717, 1.165) is 10.9 Å². The van der Waals surface area contributed by atoms with Gasteiger partial charge in [-0.15, -0.1) is 0 Å². The summed E-state index contributed by atoms with van der Waals surface area (Å²) >= 11 is 3.42. The van der Waals surface area contributed by atoms with Crippen molar-refractivity contribution in [3.63, 3.8) is 0 Å². The largest absolute Gasteiger partial charge is 0.508 e. The van der Waals surface area contributed by atoms with E-state index >= 15 is 0 Å². The van der Waals surface area contributed by atoms with Gasteiger partial charge in [-0.25, -0.2) is 0 Å². The maximum atomic E-state index is 12.7. The number of rotatable bonds is 2. The van der Waals surface area contributed by atoms with Gasteiger partial charge in [0.2, 0.25) is 0 Å². The van der Waals surface area contributed by atoms with Gasteiger partial charge in [-0.1, -0.05) is 18.2 Å². The van der Waals surface area contributed by atoms with Crippen LogP contribution in [0.3, 0.4) is 0 Å². The molecule has 0 radical (unpaired) electrons. The summed E-state index contributed by atoms with van der Waals surface area (Å²) in [7, 11) is 0. The van der Waals surface area contributed by atoms with E-state index in [1.54, 1.807) is 28.0 Å². The van der Waals surface area contributed by atoms with Gasteiger partial charge in [0.25, 0.3) is 11.8 Å². The van der Waals surface area contributed by atoms with E-state index in [4.69, 9.17) is 0 Å². The van der Waals surface area contributed by atoms with Crippen LogP contribution in [0.15, 0.2) is 53.0 Å². The summed E-state index contributed by atoms with van der Waals surface area (Å²) in [5.41, 5.74) is 1.10. The van der Waals surface area contributed by atoms with Crippen molar-refractivity contribution in [3.05, 3.63) is 64.1 Å². The number of halogens is 1. The summed E-state index contributed by atoms with van der Waals surface area (Å²) in [6, 6.07) is 13.7. The van der Waals surface area contributed by atoms with Gasteiger partial charge in [0.15, 0.2) is 0 Å². The molecule has 0 unspecified atom stereocenters. The van der Waals surface area contributed by atoms with E-state index in [0.29, 0.717) is 37.3 Å². The molecule has 1 heterocycles. The van der Waals surface area contributed by atoms with Gasteiger partial charge in [-0.05, 0) is 52.7 Å². The SMILES string of the molecule is O=C(c1cccc(O)c1)N1CCCN(C(=O)c2ccccc2Br)CC1. The smallest absolute Gasteiger partial charge is 0.255 e. The van der Waals surface area contributed by atoms with Crippen LogP contribution in [0.5, 0.6) is 5.75 Å². The Balaban J connectivity index is 1.69. The van der Waals surface area contributed by atoms with Crippen molar-refractivity contribution in [2.45, 2.75) is 6.42 Å². The van der Waals surface area contributed by atoms with Crippen molar-refractivity contribution in [1.29, 1.82) is 0 Å². The zero-order valence-corrected chi connectivity index (χ0v) is 15.3. The standard InChI is InChI=1S/C19H19BrN2O3/c20-17-8-2-1-7-16(17)19(25)22-10-4-9-21(11-12-22)18(24)14-5-3-6-15(23)13-14/h1-3,5-8,13,23H,4,9-12H2. The molecule has 6 heteroatoms. The first-order valence-corrected chi connectivity index (χ1v) is 8.97. The van der Waals surface area contributed by atoms with Crippen molar-refractivity contribution in [2.24, 2.45) is 0 Å². The predicted molar refractivity (Wildman–Crippen MR) is 98.7 cm³/mol. The summed E-state index contributed by atoms with van der Waals surface area (Å²) in [4.78, 5) is 28.9. The summed E-state index contributed by atoms with van der Waals surface area (Å²) in [5, 5.41) is 9.55. The number of aromatic hydroxyl groups is 1. The molecule has 1 N–H and O–H groups in total. The fourth-order valence-electron chi connectivity index (χ4n) is 2.95. The zero-order valence-electron chi connectivity index (χ0n) is 13.7. The summed E-state index contributed by atoms with van der Waals surface area (Å²) in [5.74, 6) is -0.0726. The second-order valence-corrected chi connectivity index (χ2v) is 6.82. The van der Waals surface area contributed by atoms with E-state index in [-0.39, 0.29) is 17.6 Å². The van der Waals surface area contributed by atoms with Crippen LogP contribution in [0, 0.1) is 0 Å². The number of phenolic OH excluding ortho intramolecular Hbond substituents is 1. The van der Waals surface area contributed by atoms with Gasteiger partial charge in [0.05, 0.1) is 5.56 Å². The Morgan fingerprint density at radius 1 is 0.880 bits per heavy atom. The molecule has 2 aromatic carbocycles. The second-order valence-electron chi connectivity index (χ2n) is 5.97. The van der Waals surface area contributed by atoms with Gasteiger partial charge in [0.1, 0.15) is 5.75 Å². The lowest BCUT2D eigenvalue weighted by molar-refractivity contribution is 0.0718. The number of phenols is 1. The third-order valence-corrected chi connectivity index (χ3v) is 4.96. The van der Waals surface area contributed by atoms with Crippen LogP contribution in [-0.4, -0.2) is 52.9 Å². The molecular weight excluding hydrogens is 384 g/mol. The quantitative estimate of drug-likeness (QED) is 0.838. The lowest BCUT2D eigenvalue weighted by Crippen LogP contribution is -2.37. The molecule has 130 valence electrons. The Bertz CT molecular complexity index is 794. The average molecular weight is 403 g/mol. The highest BCUT2D eigenvalue weighted by atomic mass is 79.9. The van der Waals surface area contributed by atoms with Crippen molar-refractivity contribution in [2.75, 3.05) is 26.2 Å². The lowest BCUT2D eigenvalue weighted by Gasteiger charge is -2.22. The van der Waals surface area contributed by atoms with Crippen LogP contribution in [-0.2, 0) is 0 Å². The molecule has 0 aliphatic carbocycles. The number of hydrogen-bond donors (Lipinski definition) is 1. The molecule has 1 aliphatic rings. The maximum absolute atomic E-state index is 12.7. The highest BCUT2D eigenvalue weighted by molar-refractivity contribution is 9.10. The number of carbonyl (C=O) groups excluding carboxylic acids is 2. The van der Waals surface area contributed by atoms with Crippen LogP contribution in [0.4, 0.5) is 0 Å². The molecule has 2 amide bonds.